The zero-order chi connectivity index (χ0) is 17.3. The van der Waals surface area contributed by atoms with Gasteiger partial charge in [-0.25, -0.2) is 0 Å². The normalized spacial score (nSPS) is 12.5. The molecule has 0 N–H and O–H groups in total. The molecule has 2 aromatic carbocycles. The summed E-state index contributed by atoms with van der Waals surface area (Å²) in [7, 11) is -1.94. The average molecular weight is 345 g/mol. The van der Waals surface area contributed by atoms with Crippen LogP contribution in [0.3, 0.4) is 0 Å². The maximum atomic E-state index is 12.8. The van der Waals surface area contributed by atoms with Gasteiger partial charge in [-0.1, -0.05) is 64.6 Å². The zero-order valence-electron chi connectivity index (χ0n) is 11.7. The van der Waals surface area contributed by atoms with E-state index in [4.69, 9.17) is 0 Å². The molecule has 0 heterocycles. The quantitative estimate of drug-likeness (QED) is 0.581. The predicted octanol–water partition coefficient (Wildman–Crippen LogP) is 4.06. The van der Waals surface area contributed by atoms with E-state index in [1.807, 2.05) is 0 Å². The summed E-state index contributed by atoms with van der Waals surface area (Å²) in [5.74, 6) is 0. The van der Waals surface area contributed by atoms with Crippen LogP contribution in [0.2, 0.25) is 0 Å². The van der Waals surface area contributed by atoms with Gasteiger partial charge < -0.3 is 0 Å². The number of hydrogen-bond acceptors (Lipinski definition) is 0. The maximum Gasteiger partial charge on any atom is 0.416 e. The highest BCUT2D eigenvalue weighted by atomic mass is 28.3. The van der Waals surface area contributed by atoms with E-state index < -0.39 is 32.3 Å². The zero-order valence-corrected chi connectivity index (χ0v) is 12.7. The van der Waals surface area contributed by atoms with Gasteiger partial charge in [-0.05, 0) is 0 Å². The van der Waals surface area contributed by atoms with Gasteiger partial charge in [-0.3, -0.25) is 0 Å². The van der Waals surface area contributed by atoms with E-state index in [1.165, 1.54) is 30.0 Å². The molecule has 23 heavy (non-hydrogen) atoms. The Morgan fingerprint density at radius 3 is 1.43 bits per heavy atom. The van der Waals surface area contributed by atoms with E-state index in [9.17, 15) is 26.3 Å². The number of rotatable bonds is 3. The molecule has 0 nitrogen and oxygen atoms in total. The summed E-state index contributed by atoms with van der Waals surface area (Å²) in [6.07, 6.45) is -9.00. The standard InChI is InChI=1S/C16H11F6Si/c1-2-23(13-7-3-5-11(9-13)15(17,18)19)14-8-4-6-12(10-14)16(20,21)22/h2-10H,1H2. The molecule has 0 spiro atoms. The number of benzene rings is 2. The molecule has 0 unspecified atom stereocenters. The average Bonchev–Trinajstić information content (AvgIpc) is 2.47. The van der Waals surface area contributed by atoms with Crippen LogP contribution in [0.4, 0.5) is 26.3 Å². The molecule has 0 atom stereocenters. The van der Waals surface area contributed by atoms with Crippen molar-refractivity contribution in [2.45, 2.75) is 12.4 Å². The Balaban J connectivity index is 2.47. The summed E-state index contributed by atoms with van der Waals surface area (Å²) in [6, 6.07) is 9.25. The molecule has 7 heteroatoms. The van der Waals surface area contributed by atoms with Crippen molar-refractivity contribution in [2.75, 3.05) is 0 Å². The minimum absolute atomic E-state index is 0.333. The van der Waals surface area contributed by atoms with Crippen LogP contribution in [-0.4, -0.2) is 8.80 Å². The first kappa shape index (κ1) is 17.3. The van der Waals surface area contributed by atoms with Gasteiger partial charge in [0.25, 0.3) is 0 Å². The highest BCUT2D eigenvalue weighted by Gasteiger charge is 2.32. The molecule has 2 rings (SSSR count). The second-order valence-corrected chi connectivity index (χ2v) is 7.17. The molecule has 0 fully saturated rings. The molecular weight excluding hydrogens is 334 g/mol. The van der Waals surface area contributed by atoms with Crippen molar-refractivity contribution in [3.8, 4) is 0 Å². The van der Waals surface area contributed by atoms with Crippen LogP contribution in [0, 0.1) is 0 Å². The largest absolute Gasteiger partial charge is 0.416 e. The lowest BCUT2D eigenvalue weighted by atomic mass is 10.2. The third-order valence-electron chi connectivity index (χ3n) is 3.21. The molecular formula is C16H11F6Si. The van der Waals surface area contributed by atoms with Gasteiger partial charge >= 0.3 is 12.4 Å². The van der Waals surface area contributed by atoms with Gasteiger partial charge in [0.1, 0.15) is 8.80 Å². The van der Waals surface area contributed by atoms with Gasteiger partial charge in [0.15, 0.2) is 0 Å². The molecule has 0 amide bonds. The Morgan fingerprint density at radius 2 is 1.13 bits per heavy atom. The molecule has 0 aliphatic rings. The van der Waals surface area contributed by atoms with Gasteiger partial charge in [0, 0.05) is 0 Å². The Hall–Kier alpha value is -2.02. The Kier molecular flexibility index (Phi) is 4.70. The van der Waals surface area contributed by atoms with Gasteiger partial charge in [-0.2, -0.15) is 26.3 Å². The maximum absolute atomic E-state index is 12.8. The predicted molar refractivity (Wildman–Crippen MR) is 78.1 cm³/mol. The van der Waals surface area contributed by atoms with Crippen molar-refractivity contribution in [1.29, 1.82) is 0 Å². The highest BCUT2D eigenvalue weighted by molar-refractivity contribution is 6.89. The lowest BCUT2D eigenvalue weighted by molar-refractivity contribution is -0.138. The van der Waals surface area contributed by atoms with Crippen LogP contribution in [-0.2, 0) is 12.4 Å². The third kappa shape index (κ3) is 4.04. The first-order valence-corrected chi connectivity index (χ1v) is 8.05. The molecule has 0 aliphatic carbocycles. The minimum atomic E-state index is -4.50. The van der Waals surface area contributed by atoms with E-state index in [-0.39, 0.29) is 0 Å². The second-order valence-electron chi connectivity index (χ2n) is 4.77. The van der Waals surface area contributed by atoms with E-state index in [0.717, 1.165) is 24.3 Å². The van der Waals surface area contributed by atoms with E-state index in [1.54, 1.807) is 0 Å². The summed E-state index contributed by atoms with van der Waals surface area (Å²) >= 11 is 0. The molecule has 121 valence electrons. The van der Waals surface area contributed by atoms with Crippen LogP contribution < -0.4 is 10.4 Å². The van der Waals surface area contributed by atoms with Crippen molar-refractivity contribution in [1.82, 2.24) is 0 Å². The molecule has 1 radical (unpaired) electrons. The van der Waals surface area contributed by atoms with Crippen molar-refractivity contribution in [2.24, 2.45) is 0 Å². The Morgan fingerprint density at radius 1 is 0.739 bits per heavy atom. The van der Waals surface area contributed by atoms with Crippen molar-refractivity contribution in [3.05, 3.63) is 71.9 Å². The molecule has 0 bridgehead atoms. The fourth-order valence-electron chi connectivity index (χ4n) is 2.13. The van der Waals surface area contributed by atoms with E-state index >= 15 is 0 Å². The molecule has 2 aromatic rings. The van der Waals surface area contributed by atoms with Crippen LogP contribution in [0.25, 0.3) is 0 Å². The topological polar surface area (TPSA) is 0 Å². The van der Waals surface area contributed by atoms with Crippen LogP contribution in [0.15, 0.2) is 60.8 Å². The summed E-state index contributed by atoms with van der Waals surface area (Å²) in [5.41, 5.74) is -0.229. The fourth-order valence-corrected chi connectivity index (χ4v) is 4.11. The van der Waals surface area contributed by atoms with Crippen LogP contribution in [0.5, 0.6) is 0 Å². The SMILES string of the molecule is C=C[Si](c1cccc(C(F)(F)F)c1)c1cccc(C(F)(F)F)c1. The second kappa shape index (κ2) is 6.23. The van der Waals surface area contributed by atoms with E-state index in [2.05, 4.69) is 6.58 Å². The van der Waals surface area contributed by atoms with Gasteiger partial charge in [0.2, 0.25) is 0 Å². The van der Waals surface area contributed by atoms with Crippen molar-refractivity contribution >= 4 is 19.2 Å². The van der Waals surface area contributed by atoms with Crippen molar-refractivity contribution < 1.29 is 26.3 Å². The van der Waals surface area contributed by atoms with Crippen LogP contribution in [0.1, 0.15) is 11.1 Å². The van der Waals surface area contributed by atoms with Gasteiger partial charge in [0.05, 0.1) is 11.1 Å². The molecule has 0 aromatic heterocycles. The highest BCUT2D eigenvalue weighted by Crippen LogP contribution is 2.29. The lowest BCUT2D eigenvalue weighted by Crippen LogP contribution is -2.41. The Bertz CT molecular complexity index is 645. The number of hydrogen-bond donors (Lipinski definition) is 0. The van der Waals surface area contributed by atoms with Crippen LogP contribution >= 0.6 is 0 Å². The number of halogens is 6. The summed E-state index contributed by atoms with van der Waals surface area (Å²) < 4.78 is 76.8. The minimum Gasteiger partial charge on any atom is -0.166 e. The summed E-state index contributed by atoms with van der Waals surface area (Å²) in [4.78, 5) is 0. The fraction of sp³-hybridized carbons (Fsp3) is 0.125. The summed E-state index contributed by atoms with van der Waals surface area (Å²) in [6.45, 7) is 3.58. The van der Waals surface area contributed by atoms with Crippen molar-refractivity contribution in [3.63, 3.8) is 0 Å². The van der Waals surface area contributed by atoms with E-state index in [0.29, 0.717) is 10.4 Å². The smallest absolute Gasteiger partial charge is 0.166 e. The monoisotopic (exact) mass is 345 g/mol. The Labute approximate surface area is 130 Å². The summed E-state index contributed by atoms with van der Waals surface area (Å²) in [5, 5.41) is 0.665. The van der Waals surface area contributed by atoms with Gasteiger partial charge in [-0.15, -0.1) is 6.58 Å². The lowest BCUT2D eigenvalue weighted by Gasteiger charge is -2.15. The first-order valence-electron chi connectivity index (χ1n) is 6.47. The first-order chi connectivity index (χ1) is 10.6. The number of alkyl halides is 6. The molecule has 0 aliphatic heterocycles. The third-order valence-corrected chi connectivity index (χ3v) is 5.48. The molecule has 0 saturated heterocycles. The molecule has 0 saturated carbocycles.